The highest BCUT2D eigenvalue weighted by Crippen LogP contribution is 2.19. The van der Waals surface area contributed by atoms with E-state index in [1.807, 2.05) is 38.1 Å². The average molecular weight is 299 g/mol. The second-order valence-corrected chi connectivity index (χ2v) is 5.61. The van der Waals surface area contributed by atoms with Crippen molar-refractivity contribution in [2.75, 3.05) is 26.2 Å². The molecule has 0 saturated carbocycles. The monoisotopic (exact) mass is 299 g/mol. The molecule has 1 heterocycles. The van der Waals surface area contributed by atoms with E-state index >= 15 is 0 Å². The molecule has 0 fully saturated rings. The van der Waals surface area contributed by atoms with Crippen molar-refractivity contribution in [3.05, 3.63) is 41.1 Å². The standard InChI is InChI=1S/C18H25N3O/c1-5-21(6-2)10-9-19-18(22)16-12-14(4)20-17-8-7-13(3)11-15(16)17/h7-8,11-12H,5-6,9-10H2,1-4H3,(H,19,22). The third-order valence-electron chi connectivity index (χ3n) is 3.94. The number of rotatable bonds is 6. The summed E-state index contributed by atoms with van der Waals surface area (Å²) in [6.45, 7) is 11.8. The van der Waals surface area contributed by atoms with Gasteiger partial charge in [0.25, 0.3) is 5.91 Å². The van der Waals surface area contributed by atoms with Crippen molar-refractivity contribution in [1.82, 2.24) is 15.2 Å². The van der Waals surface area contributed by atoms with Gasteiger partial charge in [-0.05, 0) is 45.1 Å². The molecule has 0 aliphatic heterocycles. The van der Waals surface area contributed by atoms with Crippen LogP contribution in [0.25, 0.3) is 10.9 Å². The largest absolute Gasteiger partial charge is 0.351 e. The van der Waals surface area contributed by atoms with Gasteiger partial charge in [-0.25, -0.2) is 0 Å². The summed E-state index contributed by atoms with van der Waals surface area (Å²) in [4.78, 5) is 19.3. The number of nitrogens with zero attached hydrogens (tertiary/aromatic N) is 2. The van der Waals surface area contributed by atoms with Gasteiger partial charge >= 0.3 is 0 Å². The fraction of sp³-hybridized carbons (Fsp3) is 0.444. The lowest BCUT2D eigenvalue weighted by molar-refractivity contribution is 0.0950. The van der Waals surface area contributed by atoms with Crippen molar-refractivity contribution in [3.63, 3.8) is 0 Å². The molecular formula is C18H25N3O. The second-order valence-electron chi connectivity index (χ2n) is 5.61. The Morgan fingerprint density at radius 1 is 1.18 bits per heavy atom. The number of aromatic nitrogens is 1. The number of amides is 1. The number of pyridine rings is 1. The SMILES string of the molecule is CCN(CC)CCNC(=O)c1cc(C)nc2ccc(C)cc12. The van der Waals surface area contributed by atoms with Crippen LogP contribution in [-0.4, -0.2) is 42.0 Å². The van der Waals surface area contributed by atoms with Gasteiger partial charge in [-0.2, -0.15) is 0 Å². The van der Waals surface area contributed by atoms with Gasteiger partial charge < -0.3 is 10.2 Å². The molecule has 0 radical (unpaired) electrons. The molecule has 0 aliphatic carbocycles. The van der Waals surface area contributed by atoms with Crippen LogP contribution in [0, 0.1) is 13.8 Å². The Morgan fingerprint density at radius 2 is 1.91 bits per heavy atom. The summed E-state index contributed by atoms with van der Waals surface area (Å²) >= 11 is 0. The topological polar surface area (TPSA) is 45.2 Å². The Kier molecular flexibility index (Phi) is 5.50. The Bertz CT molecular complexity index is 663. The lowest BCUT2D eigenvalue weighted by Crippen LogP contribution is -2.34. The summed E-state index contributed by atoms with van der Waals surface area (Å²) in [6, 6.07) is 7.90. The van der Waals surface area contributed by atoms with E-state index in [1.54, 1.807) is 0 Å². The molecule has 0 spiro atoms. The van der Waals surface area contributed by atoms with Gasteiger partial charge in [-0.15, -0.1) is 0 Å². The molecule has 0 bridgehead atoms. The number of carbonyl (C=O) groups is 1. The van der Waals surface area contributed by atoms with Crippen molar-refractivity contribution in [1.29, 1.82) is 0 Å². The first-order chi connectivity index (χ1) is 10.5. The van der Waals surface area contributed by atoms with Crippen LogP contribution < -0.4 is 5.32 Å². The van der Waals surface area contributed by atoms with E-state index in [0.717, 1.165) is 41.8 Å². The van der Waals surface area contributed by atoms with Crippen LogP contribution in [0.15, 0.2) is 24.3 Å². The molecule has 0 unspecified atom stereocenters. The maximum atomic E-state index is 12.5. The zero-order chi connectivity index (χ0) is 16.1. The predicted octanol–water partition coefficient (Wildman–Crippen LogP) is 2.92. The predicted molar refractivity (Wildman–Crippen MR) is 91.3 cm³/mol. The summed E-state index contributed by atoms with van der Waals surface area (Å²) in [5.74, 6) is -0.0201. The Balaban J connectivity index is 2.18. The third-order valence-corrected chi connectivity index (χ3v) is 3.94. The fourth-order valence-corrected chi connectivity index (χ4v) is 2.62. The van der Waals surface area contributed by atoms with Crippen LogP contribution in [0.2, 0.25) is 0 Å². The molecule has 22 heavy (non-hydrogen) atoms. The van der Waals surface area contributed by atoms with Crippen LogP contribution in [0.4, 0.5) is 0 Å². The van der Waals surface area contributed by atoms with E-state index < -0.39 is 0 Å². The normalized spacial score (nSPS) is 11.1. The van der Waals surface area contributed by atoms with Crippen molar-refractivity contribution in [3.8, 4) is 0 Å². The molecule has 0 atom stereocenters. The molecule has 1 aromatic heterocycles. The molecule has 2 aromatic rings. The Hall–Kier alpha value is -1.94. The third kappa shape index (κ3) is 3.83. The minimum Gasteiger partial charge on any atom is -0.351 e. The van der Waals surface area contributed by atoms with Crippen LogP contribution in [-0.2, 0) is 0 Å². The number of nitrogens with one attached hydrogen (secondary N) is 1. The highest BCUT2D eigenvalue weighted by Gasteiger charge is 2.12. The van der Waals surface area contributed by atoms with Crippen LogP contribution in [0.5, 0.6) is 0 Å². The van der Waals surface area contributed by atoms with E-state index in [9.17, 15) is 4.79 Å². The van der Waals surface area contributed by atoms with Gasteiger partial charge in [-0.1, -0.05) is 25.5 Å². The van der Waals surface area contributed by atoms with Gasteiger partial charge in [-0.3, -0.25) is 9.78 Å². The maximum absolute atomic E-state index is 12.5. The zero-order valence-electron chi connectivity index (χ0n) is 13.9. The van der Waals surface area contributed by atoms with Gasteiger partial charge in [0.2, 0.25) is 0 Å². The number of hydrogen-bond acceptors (Lipinski definition) is 3. The van der Waals surface area contributed by atoms with Crippen molar-refractivity contribution in [2.24, 2.45) is 0 Å². The molecule has 0 saturated heterocycles. The first-order valence-corrected chi connectivity index (χ1v) is 7.93. The summed E-state index contributed by atoms with van der Waals surface area (Å²) in [5, 5.41) is 3.95. The summed E-state index contributed by atoms with van der Waals surface area (Å²) in [7, 11) is 0. The molecule has 4 heteroatoms. The van der Waals surface area contributed by atoms with Crippen LogP contribution >= 0.6 is 0 Å². The van der Waals surface area contributed by atoms with E-state index in [2.05, 4.69) is 29.0 Å². The van der Waals surface area contributed by atoms with E-state index in [4.69, 9.17) is 0 Å². The molecule has 1 aromatic carbocycles. The number of fused-ring (bicyclic) bond motifs is 1. The zero-order valence-corrected chi connectivity index (χ0v) is 13.9. The lowest BCUT2D eigenvalue weighted by atomic mass is 10.0. The van der Waals surface area contributed by atoms with E-state index in [0.29, 0.717) is 12.1 Å². The quantitative estimate of drug-likeness (QED) is 0.892. The number of hydrogen-bond donors (Lipinski definition) is 1. The Morgan fingerprint density at radius 3 is 2.59 bits per heavy atom. The minimum atomic E-state index is -0.0201. The number of carbonyl (C=O) groups excluding carboxylic acids is 1. The van der Waals surface area contributed by atoms with Crippen LogP contribution in [0.1, 0.15) is 35.5 Å². The first kappa shape index (κ1) is 16.4. The summed E-state index contributed by atoms with van der Waals surface area (Å²) < 4.78 is 0. The summed E-state index contributed by atoms with van der Waals surface area (Å²) in [6.07, 6.45) is 0. The Labute approximate surface area is 132 Å². The van der Waals surface area contributed by atoms with Crippen molar-refractivity contribution < 1.29 is 4.79 Å². The minimum absolute atomic E-state index is 0.0201. The fourth-order valence-electron chi connectivity index (χ4n) is 2.62. The van der Waals surface area contributed by atoms with Gasteiger partial charge in [0.05, 0.1) is 11.1 Å². The number of likely N-dealkylation sites (N-methyl/N-ethyl adjacent to an activating group) is 1. The van der Waals surface area contributed by atoms with Crippen molar-refractivity contribution in [2.45, 2.75) is 27.7 Å². The second kappa shape index (κ2) is 7.36. The molecule has 1 amide bonds. The highest BCUT2D eigenvalue weighted by atomic mass is 16.1. The molecule has 118 valence electrons. The lowest BCUT2D eigenvalue weighted by Gasteiger charge is -2.18. The molecule has 4 nitrogen and oxygen atoms in total. The first-order valence-electron chi connectivity index (χ1n) is 7.93. The van der Waals surface area contributed by atoms with E-state index in [-0.39, 0.29) is 5.91 Å². The van der Waals surface area contributed by atoms with E-state index in [1.165, 1.54) is 0 Å². The molecular weight excluding hydrogens is 274 g/mol. The average Bonchev–Trinajstić information content (AvgIpc) is 2.51. The number of aryl methyl sites for hydroxylation is 2. The van der Waals surface area contributed by atoms with Crippen molar-refractivity contribution >= 4 is 16.8 Å². The maximum Gasteiger partial charge on any atom is 0.252 e. The van der Waals surface area contributed by atoms with Crippen LogP contribution in [0.3, 0.4) is 0 Å². The molecule has 2 rings (SSSR count). The van der Waals surface area contributed by atoms with Gasteiger partial charge in [0.1, 0.15) is 0 Å². The highest BCUT2D eigenvalue weighted by molar-refractivity contribution is 6.06. The summed E-state index contributed by atoms with van der Waals surface area (Å²) in [5.41, 5.74) is 3.59. The smallest absolute Gasteiger partial charge is 0.252 e. The van der Waals surface area contributed by atoms with Gasteiger partial charge in [0.15, 0.2) is 0 Å². The molecule has 0 aliphatic rings. The molecule has 1 N–H and O–H groups in total. The van der Waals surface area contributed by atoms with Gasteiger partial charge in [0, 0.05) is 24.2 Å². The number of benzene rings is 1.